The van der Waals surface area contributed by atoms with Gasteiger partial charge in [0.25, 0.3) is 0 Å². The van der Waals surface area contributed by atoms with Crippen LogP contribution in [0.3, 0.4) is 0 Å². The van der Waals surface area contributed by atoms with E-state index in [2.05, 4.69) is 22.1 Å². The van der Waals surface area contributed by atoms with Gasteiger partial charge < -0.3 is 10.2 Å². The van der Waals surface area contributed by atoms with Crippen molar-refractivity contribution in [1.29, 1.82) is 0 Å². The number of piperidine rings is 1. The van der Waals surface area contributed by atoms with Gasteiger partial charge in [-0.15, -0.1) is 0 Å². The molecule has 3 nitrogen and oxygen atoms in total. The van der Waals surface area contributed by atoms with Crippen LogP contribution in [0.1, 0.15) is 25.3 Å². The summed E-state index contributed by atoms with van der Waals surface area (Å²) in [7, 11) is 1.77. The van der Waals surface area contributed by atoms with Gasteiger partial charge in [0.1, 0.15) is 11.6 Å². The van der Waals surface area contributed by atoms with E-state index < -0.39 is 11.6 Å². The Labute approximate surface area is 125 Å². The highest BCUT2D eigenvalue weighted by molar-refractivity contribution is 5.79. The first-order valence-corrected chi connectivity index (χ1v) is 7.49. The molecular formula is C16H23F2N3. The Bertz CT molecular complexity index is 474. The van der Waals surface area contributed by atoms with Crippen LogP contribution >= 0.6 is 0 Å². The molecule has 0 radical (unpaired) electrons. The van der Waals surface area contributed by atoms with E-state index in [1.165, 1.54) is 25.0 Å². The highest BCUT2D eigenvalue weighted by Gasteiger charge is 2.18. The second-order valence-electron chi connectivity index (χ2n) is 5.67. The van der Waals surface area contributed by atoms with Crippen molar-refractivity contribution in [3.8, 4) is 0 Å². The summed E-state index contributed by atoms with van der Waals surface area (Å²) < 4.78 is 26.2. The summed E-state index contributed by atoms with van der Waals surface area (Å²) in [5.74, 6) is 0.590. The maximum Gasteiger partial charge on any atom is 0.193 e. The highest BCUT2D eigenvalue weighted by Crippen LogP contribution is 2.15. The van der Waals surface area contributed by atoms with E-state index in [1.807, 2.05) is 0 Å². The Kier molecular flexibility index (Phi) is 5.53. The topological polar surface area (TPSA) is 27.6 Å². The van der Waals surface area contributed by atoms with Crippen LogP contribution in [0.4, 0.5) is 8.78 Å². The zero-order valence-electron chi connectivity index (χ0n) is 12.7. The molecule has 1 fully saturated rings. The third kappa shape index (κ3) is 4.69. The summed E-state index contributed by atoms with van der Waals surface area (Å²) in [6, 6.07) is 3.64. The van der Waals surface area contributed by atoms with Gasteiger partial charge in [-0.05, 0) is 42.9 Å². The molecule has 1 saturated heterocycles. The number of guanidine groups is 1. The van der Waals surface area contributed by atoms with Crippen LogP contribution in [-0.4, -0.2) is 37.5 Å². The van der Waals surface area contributed by atoms with Gasteiger partial charge in [-0.2, -0.15) is 0 Å². The molecule has 116 valence electrons. The molecule has 0 atom stereocenters. The number of halogens is 2. The summed E-state index contributed by atoms with van der Waals surface area (Å²) in [5.41, 5.74) is 0.655. The fraction of sp³-hybridized carbons (Fsp3) is 0.562. The minimum atomic E-state index is -0.528. The molecule has 1 heterocycles. The summed E-state index contributed by atoms with van der Waals surface area (Å²) >= 11 is 0. The van der Waals surface area contributed by atoms with Gasteiger partial charge in [-0.3, -0.25) is 4.99 Å². The number of nitrogens with one attached hydrogen (secondary N) is 1. The van der Waals surface area contributed by atoms with E-state index in [0.29, 0.717) is 18.5 Å². The third-order valence-corrected chi connectivity index (χ3v) is 3.91. The number of hydrogen-bond acceptors (Lipinski definition) is 1. The normalized spacial score (nSPS) is 17.1. The highest BCUT2D eigenvalue weighted by atomic mass is 19.1. The molecule has 0 aliphatic carbocycles. The lowest BCUT2D eigenvalue weighted by Gasteiger charge is -2.32. The molecule has 1 aliphatic rings. The molecule has 0 saturated carbocycles. The average molecular weight is 295 g/mol. The van der Waals surface area contributed by atoms with E-state index in [9.17, 15) is 8.78 Å². The Balaban J connectivity index is 1.83. The smallest absolute Gasteiger partial charge is 0.193 e. The van der Waals surface area contributed by atoms with Crippen LogP contribution in [0.15, 0.2) is 23.2 Å². The third-order valence-electron chi connectivity index (χ3n) is 3.91. The SMILES string of the molecule is CN=C(NCCc1cc(F)cc(F)c1)N1CCC(C)CC1. The summed E-state index contributed by atoms with van der Waals surface area (Å²) in [5, 5.41) is 3.27. The van der Waals surface area contributed by atoms with Crippen molar-refractivity contribution in [2.45, 2.75) is 26.2 Å². The lowest BCUT2D eigenvalue weighted by Crippen LogP contribution is -2.45. The van der Waals surface area contributed by atoms with Crippen LogP contribution in [0, 0.1) is 17.6 Å². The summed E-state index contributed by atoms with van der Waals surface area (Å²) in [6.45, 7) is 4.90. The van der Waals surface area contributed by atoms with Gasteiger partial charge >= 0.3 is 0 Å². The van der Waals surface area contributed by atoms with Gasteiger partial charge in [-0.1, -0.05) is 6.92 Å². The Morgan fingerprint density at radius 3 is 2.43 bits per heavy atom. The van der Waals surface area contributed by atoms with Crippen LogP contribution < -0.4 is 5.32 Å². The van der Waals surface area contributed by atoms with Crippen molar-refractivity contribution < 1.29 is 8.78 Å². The van der Waals surface area contributed by atoms with Crippen molar-refractivity contribution >= 4 is 5.96 Å². The Morgan fingerprint density at radius 2 is 1.86 bits per heavy atom. The number of aliphatic imine (C=N–C) groups is 1. The van der Waals surface area contributed by atoms with Crippen molar-refractivity contribution in [3.05, 3.63) is 35.4 Å². The maximum atomic E-state index is 13.1. The van der Waals surface area contributed by atoms with Crippen LogP contribution in [-0.2, 0) is 6.42 Å². The molecule has 0 unspecified atom stereocenters. The first-order valence-electron chi connectivity index (χ1n) is 7.49. The zero-order valence-corrected chi connectivity index (χ0v) is 12.7. The first-order chi connectivity index (χ1) is 10.1. The number of hydrogen-bond donors (Lipinski definition) is 1. The summed E-state index contributed by atoms with van der Waals surface area (Å²) in [4.78, 5) is 6.53. The lowest BCUT2D eigenvalue weighted by atomic mass is 10.00. The molecule has 5 heteroatoms. The van der Waals surface area contributed by atoms with Gasteiger partial charge in [0, 0.05) is 32.7 Å². The predicted octanol–water partition coefficient (Wildman–Crippen LogP) is 2.81. The molecular weight excluding hydrogens is 272 g/mol. The molecule has 2 rings (SSSR count). The molecule has 1 aromatic carbocycles. The fourth-order valence-corrected chi connectivity index (χ4v) is 2.63. The van der Waals surface area contributed by atoms with E-state index in [1.54, 1.807) is 7.05 Å². The number of nitrogens with zero attached hydrogens (tertiary/aromatic N) is 2. The molecule has 1 aromatic rings. The van der Waals surface area contributed by atoms with Crippen molar-refractivity contribution in [3.63, 3.8) is 0 Å². The van der Waals surface area contributed by atoms with Gasteiger partial charge in [-0.25, -0.2) is 8.78 Å². The van der Waals surface area contributed by atoms with Crippen molar-refractivity contribution in [1.82, 2.24) is 10.2 Å². The Morgan fingerprint density at radius 1 is 1.24 bits per heavy atom. The minimum absolute atomic E-state index is 0.528. The van der Waals surface area contributed by atoms with E-state index in [0.717, 1.165) is 31.0 Å². The minimum Gasteiger partial charge on any atom is -0.356 e. The number of rotatable bonds is 3. The molecule has 0 amide bonds. The largest absolute Gasteiger partial charge is 0.356 e. The second-order valence-corrected chi connectivity index (χ2v) is 5.67. The predicted molar refractivity (Wildman–Crippen MR) is 81.4 cm³/mol. The van der Waals surface area contributed by atoms with Crippen LogP contribution in [0.5, 0.6) is 0 Å². The van der Waals surface area contributed by atoms with E-state index in [4.69, 9.17) is 0 Å². The molecule has 21 heavy (non-hydrogen) atoms. The molecule has 1 aliphatic heterocycles. The first kappa shape index (κ1) is 15.7. The van der Waals surface area contributed by atoms with E-state index in [-0.39, 0.29) is 0 Å². The molecule has 0 aromatic heterocycles. The maximum absolute atomic E-state index is 13.1. The van der Waals surface area contributed by atoms with E-state index >= 15 is 0 Å². The fourth-order valence-electron chi connectivity index (χ4n) is 2.63. The number of likely N-dealkylation sites (tertiary alicyclic amines) is 1. The quantitative estimate of drug-likeness (QED) is 0.686. The summed E-state index contributed by atoms with van der Waals surface area (Å²) in [6.07, 6.45) is 2.92. The zero-order chi connectivity index (χ0) is 15.2. The standard InChI is InChI=1S/C16H23F2N3/c1-12-4-7-21(8-5-12)16(19-2)20-6-3-13-9-14(17)11-15(18)10-13/h9-12H,3-8H2,1-2H3,(H,19,20). The number of benzene rings is 1. The van der Waals surface area contributed by atoms with Crippen LogP contribution in [0.2, 0.25) is 0 Å². The van der Waals surface area contributed by atoms with Gasteiger partial charge in [0.2, 0.25) is 0 Å². The second kappa shape index (κ2) is 7.38. The monoisotopic (exact) mass is 295 g/mol. The lowest BCUT2D eigenvalue weighted by molar-refractivity contribution is 0.273. The van der Waals surface area contributed by atoms with Crippen LogP contribution in [0.25, 0.3) is 0 Å². The molecule has 0 spiro atoms. The van der Waals surface area contributed by atoms with Gasteiger partial charge in [0.05, 0.1) is 0 Å². The molecule has 1 N–H and O–H groups in total. The Hall–Kier alpha value is -1.65. The molecule has 0 bridgehead atoms. The average Bonchev–Trinajstić information content (AvgIpc) is 2.44. The van der Waals surface area contributed by atoms with Gasteiger partial charge in [0.15, 0.2) is 5.96 Å². The van der Waals surface area contributed by atoms with Crippen molar-refractivity contribution in [2.24, 2.45) is 10.9 Å². The van der Waals surface area contributed by atoms with Crippen molar-refractivity contribution in [2.75, 3.05) is 26.7 Å².